The van der Waals surface area contributed by atoms with E-state index in [4.69, 9.17) is 4.74 Å². The number of halogens is 3. The molecule has 0 saturated heterocycles. The summed E-state index contributed by atoms with van der Waals surface area (Å²) in [5, 5.41) is 2.18. The van der Waals surface area contributed by atoms with Gasteiger partial charge in [-0.15, -0.1) is 0 Å². The van der Waals surface area contributed by atoms with Crippen molar-refractivity contribution >= 4 is 11.7 Å². The van der Waals surface area contributed by atoms with E-state index in [1.54, 1.807) is 6.07 Å². The van der Waals surface area contributed by atoms with Crippen molar-refractivity contribution in [2.45, 2.75) is 25.6 Å². The fraction of sp³-hybridized carbons (Fsp3) is 0.462. The number of rotatable bonds is 5. The molecule has 1 rings (SSSR count). The van der Waals surface area contributed by atoms with Gasteiger partial charge in [-0.05, 0) is 26.0 Å². The van der Waals surface area contributed by atoms with Gasteiger partial charge in [0.2, 0.25) is 5.54 Å². The van der Waals surface area contributed by atoms with Crippen molar-refractivity contribution < 1.29 is 27.4 Å². The first-order valence-electron chi connectivity index (χ1n) is 5.90. The number of methoxy groups -OCH3 is 1. The zero-order valence-corrected chi connectivity index (χ0v) is 11.4. The van der Waals surface area contributed by atoms with Gasteiger partial charge >= 0.3 is 12.1 Å². The maximum absolute atomic E-state index is 13.2. The zero-order valence-electron chi connectivity index (χ0n) is 11.4. The highest BCUT2D eigenvalue weighted by Gasteiger charge is 2.58. The fourth-order valence-corrected chi connectivity index (χ4v) is 1.50. The van der Waals surface area contributed by atoms with E-state index in [0.717, 1.165) is 6.92 Å². The van der Waals surface area contributed by atoms with Crippen LogP contribution < -0.4 is 10.1 Å². The number of benzene rings is 1. The molecule has 1 unspecified atom stereocenters. The molecule has 4 nitrogen and oxygen atoms in total. The number of alkyl halides is 3. The highest BCUT2D eigenvalue weighted by molar-refractivity contribution is 5.85. The van der Waals surface area contributed by atoms with E-state index in [1.165, 1.54) is 32.2 Å². The highest BCUT2D eigenvalue weighted by atomic mass is 19.4. The summed E-state index contributed by atoms with van der Waals surface area (Å²) in [6, 6.07) is 5.87. The van der Waals surface area contributed by atoms with Gasteiger partial charge in [-0.3, -0.25) is 0 Å². The summed E-state index contributed by atoms with van der Waals surface area (Å²) >= 11 is 0. The molecule has 0 amide bonds. The van der Waals surface area contributed by atoms with Crippen molar-refractivity contribution in [1.82, 2.24) is 0 Å². The highest BCUT2D eigenvalue weighted by Crippen LogP contribution is 2.35. The van der Waals surface area contributed by atoms with Gasteiger partial charge in [-0.2, -0.15) is 13.2 Å². The van der Waals surface area contributed by atoms with Crippen LogP contribution in [0.4, 0.5) is 18.9 Å². The average Bonchev–Trinajstić information content (AvgIpc) is 2.37. The normalized spacial score (nSPS) is 14.3. The van der Waals surface area contributed by atoms with Crippen LogP contribution in [0, 0.1) is 0 Å². The summed E-state index contributed by atoms with van der Waals surface area (Å²) in [6.45, 7) is 2.05. The molecule has 0 bridgehead atoms. The molecule has 0 saturated carbocycles. The second-order valence-electron chi connectivity index (χ2n) is 4.20. The molecule has 0 aliphatic heterocycles. The number of carbonyl (C=O) groups is 1. The van der Waals surface area contributed by atoms with Crippen molar-refractivity contribution in [3.63, 3.8) is 0 Å². The lowest BCUT2D eigenvalue weighted by Gasteiger charge is -2.31. The van der Waals surface area contributed by atoms with Crippen molar-refractivity contribution in [3.05, 3.63) is 24.3 Å². The predicted octanol–water partition coefficient (Wildman–Crippen LogP) is 2.99. The third kappa shape index (κ3) is 3.34. The molecule has 0 spiro atoms. The standard InChI is InChI=1S/C13H16F3NO3/c1-4-20-11(18)12(2,13(14,15)16)17-9-6-5-7-10(8-9)19-3/h5-8,17H,4H2,1-3H3. The lowest BCUT2D eigenvalue weighted by molar-refractivity contribution is -0.196. The first-order chi connectivity index (χ1) is 9.24. The van der Waals surface area contributed by atoms with Gasteiger partial charge in [-0.25, -0.2) is 4.79 Å². The Morgan fingerprint density at radius 2 is 2.00 bits per heavy atom. The molecule has 20 heavy (non-hydrogen) atoms. The van der Waals surface area contributed by atoms with Gasteiger partial charge in [0, 0.05) is 11.8 Å². The van der Waals surface area contributed by atoms with Crippen LogP contribution in [0.2, 0.25) is 0 Å². The van der Waals surface area contributed by atoms with Gasteiger partial charge in [-0.1, -0.05) is 6.07 Å². The molecule has 0 radical (unpaired) electrons. The number of nitrogens with one attached hydrogen (secondary N) is 1. The monoisotopic (exact) mass is 291 g/mol. The number of carbonyl (C=O) groups excluding carboxylic acids is 1. The third-order valence-electron chi connectivity index (χ3n) is 2.71. The number of anilines is 1. The van der Waals surface area contributed by atoms with Crippen LogP contribution in [0.15, 0.2) is 24.3 Å². The summed E-state index contributed by atoms with van der Waals surface area (Å²) in [4.78, 5) is 11.6. The number of hydrogen-bond acceptors (Lipinski definition) is 4. The van der Waals surface area contributed by atoms with Gasteiger partial charge in [0.1, 0.15) is 5.75 Å². The molecule has 0 fully saturated rings. The van der Waals surface area contributed by atoms with Crippen LogP contribution in [0.1, 0.15) is 13.8 Å². The van der Waals surface area contributed by atoms with Crippen molar-refractivity contribution in [2.24, 2.45) is 0 Å². The van der Waals surface area contributed by atoms with Crippen LogP contribution in [0.25, 0.3) is 0 Å². The topological polar surface area (TPSA) is 47.6 Å². The third-order valence-corrected chi connectivity index (χ3v) is 2.71. The van der Waals surface area contributed by atoms with E-state index in [-0.39, 0.29) is 12.3 Å². The Morgan fingerprint density at radius 3 is 2.50 bits per heavy atom. The first-order valence-corrected chi connectivity index (χ1v) is 5.90. The molecule has 1 aromatic carbocycles. The van der Waals surface area contributed by atoms with Crippen LogP contribution in [-0.4, -0.2) is 31.4 Å². The Labute approximate surface area is 114 Å². The van der Waals surface area contributed by atoms with Gasteiger partial charge < -0.3 is 14.8 Å². The summed E-state index contributed by atoms with van der Waals surface area (Å²) in [6.07, 6.45) is -4.80. The summed E-state index contributed by atoms with van der Waals surface area (Å²) in [5.74, 6) is -1.00. The summed E-state index contributed by atoms with van der Waals surface area (Å²) in [7, 11) is 1.40. The number of esters is 1. The molecule has 7 heteroatoms. The number of ether oxygens (including phenoxy) is 2. The number of hydrogen-bond donors (Lipinski definition) is 1. The van der Waals surface area contributed by atoms with E-state index < -0.39 is 17.7 Å². The van der Waals surface area contributed by atoms with Crippen LogP contribution in [-0.2, 0) is 9.53 Å². The Kier molecular flexibility index (Phi) is 4.86. The quantitative estimate of drug-likeness (QED) is 0.847. The Balaban J connectivity index is 3.10. The van der Waals surface area contributed by atoms with E-state index in [1.807, 2.05) is 0 Å². The molecule has 0 heterocycles. The Bertz CT molecular complexity index is 476. The molecule has 112 valence electrons. The molecular weight excluding hydrogens is 275 g/mol. The van der Waals surface area contributed by atoms with Crippen molar-refractivity contribution in [1.29, 1.82) is 0 Å². The van der Waals surface area contributed by atoms with E-state index >= 15 is 0 Å². The smallest absolute Gasteiger partial charge is 0.422 e. The van der Waals surface area contributed by atoms with Gasteiger partial charge in [0.05, 0.1) is 13.7 Å². The van der Waals surface area contributed by atoms with Gasteiger partial charge in [0.15, 0.2) is 0 Å². The minimum Gasteiger partial charge on any atom is -0.497 e. The second-order valence-corrected chi connectivity index (χ2v) is 4.20. The Hall–Kier alpha value is -1.92. The Morgan fingerprint density at radius 1 is 1.35 bits per heavy atom. The maximum Gasteiger partial charge on any atom is 0.422 e. The molecule has 0 aromatic heterocycles. The van der Waals surface area contributed by atoms with Gasteiger partial charge in [0.25, 0.3) is 0 Å². The predicted molar refractivity (Wildman–Crippen MR) is 67.7 cm³/mol. The van der Waals surface area contributed by atoms with E-state index in [0.29, 0.717) is 5.75 Å². The molecule has 1 atom stereocenters. The largest absolute Gasteiger partial charge is 0.497 e. The molecule has 0 aliphatic carbocycles. The molecular formula is C13H16F3NO3. The average molecular weight is 291 g/mol. The minimum absolute atomic E-state index is 0.109. The SMILES string of the molecule is CCOC(=O)C(C)(Nc1cccc(OC)c1)C(F)(F)F. The first kappa shape index (κ1) is 16.1. The zero-order chi connectivity index (χ0) is 15.4. The lowest BCUT2D eigenvalue weighted by Crippen LogP contribution is -2.56. The van der Waals surface area contributed by atoms with Crippen LogP contribution in [0.5, 0.6) is 5.75 Å². The van der Waals surface area contributed by atoms with E-state index in [9.17, 15) is 18.0 Å². The molecule has 1 N–H and O–H groups in total. The van der Waals surface area contributed by atoms with Crippen LogP contribution >= 0.6 is 0 Å². The van der Waals surface area contributed by atoms with Crippen molar-refractivity contribution in [3.8, 4) is 5.75 Å². The minimum atomic E-state index is -4.80. The maximum atomic E-state index is 13.2. The van der Waals surface area contributed by atoms with E-state index in [2.05, 4.69) is 10.1 Å². The lowest BCUT2D eigenvalue weighted by atomic mass is 10.0. The molecule has 1 aromatic rings. The van der Waals surface area contributed by atoms with Crippen molar-refractivity contribution in [2.75, 3.05) is 19.0 Å². The molecule has 0 aliphatic rings. The fourth-order valence-electron chi connectivity index (χ4n) is 1.50. The van der Waals surface area contributed by atoms with Crippen LogP contribution in [0.3, 0.4) is 0 Å². The summed E-state index contributed by atoms with van der Waals surface area (Å²) < 4.78 is 48.9. The summed E-state index contributed by atoms with van der Waals surface area (Å²) in [5.41, 5.74) is -2.72. The second kappa shape index (κ2) is 6.02.